The minimum Gasteiger partial charge on any atom is -0.364 e. The first-order valence-corrected chi connectivity index (χ1v) is 6.24. The fraction of sp³-hybridized carbons (Fsp3) is 0.286. The molecule has 19 heavy (non-hydrogen) atoms. The Balaban J connectivity index is 2.19. The average molecular weight is 258 g/mol. The molecule has 0 unspecified atom stereocenters. The summed E-state index contributed by atoms with van der Waals surface area (Å²) < 4.78 is 1.65. The van der Waals surface area contributed by atoms with Crippen molar-refractivity contribution in [3.05, 3.63) is 47.8 Å². The van der Waals surface area contributed by atoms with E-state index in [9.17, 15) is 4.79 Å². The highest BCUT2D eigenvalue weighted by molar-refractivity contribution is 5.90. The quantitative estimate of drug-likeness (QED) is 0.853. The molecule has 1 amide bonds. The number of rotatable bonds is 5. The van der Waals surface area contributed by atoms with Crippen molar-refractivity contribution < 1.29 is 4.79 Å². The first-order chi connectivity index (χ1) is 9.06. The average Bonchev–Trinajstić information content (AvgIpc) is 2.86. The number of hydrogen-bond acceptors (Lipinski definition) is 3. The Morgan fingerprint density at radius 3 is 2.84 bits per heavy atom. The molecule has 0 saturated heterocycles. The van der Waals surface area contributed by atoms with E-state index in [1.165, 1.54) is 5.56 Å². The van der Waals surface area contributed by atoms with Gasteiger partial charge in [0.2, 0.25) is 0 Å². The van der Waals surface area contributed by atoms with Crippen LogP contribution >= 0.6 is 0 Å². The maximum absolute atomic E-state index is 11.0. The number of carbonyl (C=O) groups excluding carboxylic acids is 1. The van der Waals surface area contributed by atoms with E-state index in [4.69, 9.17) is 5.73 Å². The van der Waals surface area contributed by atoms with Gasteiger partial charge in [-0.15, -0.1) is 0 Å². The van der Waals surface area contributed by atoms with E-state index in [1.807, 2.05) is 18.2 Å². The lowest BCUT2D eigenvalue weighted by Gasteiger charge is -2.09. The number of hydrogen-bond donors (Lipinski definition) is 2. The van der Waals surface area contributed by atoms with Crippen molar-refractivity contribution in [3.8, 4) is 5.69 Å². The minimum absolute atomic E-state index is 0.269. The Morgan fingerprint density at radius 1 is 1.42 bits per heavy atom. The number of nitrogens with two attached hydrogens (primary N) is 1. The van der Waals surface area contributed by atoms with Gasteiger partial charge in [0.1, 0.15) is 5.69 Å². The molecule has 5 heteroatoms. The smallest absolute Gasteiger partial charge is 0.269 e. The summed E-state index contributed by atoms with van der Waals surface area (Å²) in [7, 11) is 0. The van der Waals surface area contributed by atoms with Gasteiger partial charge < -0.3 is 11.1 Å². The van der Waals surface area contributed by atoms with Gasteiger partial charge in [-0.2, -0.15) is 5.10 Å². The Kier molecular flexibility index (Phi) is 3.97. The summed E-state index contributed by atoms with van der Waals surface area (Å²) in [6.07, 6.45) is 1.73. The van der Waals surface area contributed by atoms with Crippen molar-refractivity contribution in [3.63, 3.8) is 0 Å². The number of carbonyl (C=O) groups is 1. The Bertz CT molecular complexity index is 574. The Hall–Kier alpha value is -2.14. The van der Waals surface area contributed by atoms with Gasteiger partial charge >= 0.3 is 0 Å². The minimum atomic E-state index is -0.517. The van der Waals surface area contributed by atoms with Crippen LogP contribution in [0.3, 0.4) is 0 Å². The zero-order valence-corrected chi connectivity index (χ0v) is 11.1. The fourth-order valence-corrected chi connectivity index (χ4v) is 1.73. The lowest BCUT2D eigenvalue weighted by atomic mass is 10.2. The van der Waals surface area contributed by atoms with Crippen molar-refractivity contribution in [2.24, 2.45) is 5.73 Å². The number of amides is 1. The molecule has 1 aromatic carbocycles. The molecule has 0 atom stereocenters. The Morgan fingerprint density at radius 2 is 2.21 bits per heavy atom. The summed E-state index contributed by atoms with van der Waals surface area (Å²) in [5.74, 6) is -0.517. The molecular weight excluding hydrogens is 240 g/mol. The van der Waals surface area contributed by atoms with Crippen LogP contribution in [0.4, 0.5) is 0 Å². The predicted octanol–water partition coefficient (Wildman–Crippen LogP) is 1.47. The van der Waals surface area contributed by atoms with Gasteiger partial charge in [-0.25, -0.2) is 4.68 Å². The zero-order valence-electron chi connectivity index (χ0n) is 11.1. The van der Waals surface area contributed by atoms with E-state index >= 15 is 0 Å². The van der Waals surface area contributed by atoms with Crippen LogP contribution in [0, 0.1) is 0 Å². The van der Waals surface area contributed by atoms with Crippen molar-refractivity contribution in [1.82, 2.24) is 15.1 Å². The van der Waals surface area contributed by atoms with Gasteiger partial charge in [-0.1, -0.05) is 26.0 Å². The van der Waals surface area contributed by atoms with Gasteiger partial charge in [0, 0.05) is 18.8 Å². The van der Waals surface area contributed by atoms with Crippen molar-refractivity contribution >= 4 is 5.91 Å². The van der Waals surface area contributed by atoms with Crippen LogP contribution in [0.1, 0.15) is 29.9 Å². The Labute approximate surface area is 112 Å². The topological polar surface area (TPSA) is 72.9 Å². The molecule has 5 nitrogen and oxygen atoms in total. The van der Waals surface area contributed by atoms with Crippen molar-refractivity contribution in [2.75, 3.05) is 0 Å². The van der Waals surface area contributed by atoms with Crippen LogP contribution in [0.25, 0.3) is 5.69 Å². The zero-order chi connectivity index (χ0) is 13.8. The van der Waals surface area contributed by atoms with E-state index in [1.54, 1.807) is 16.9 Å². The highest BCUT2D eigenvalue weighted by atomic mass is 16.1. The van der Waals surface area contributed by atoms with Crippen LogP contribution in [0.15, 0.2) is 36.5 Å². The number of benzene rings is 1. The van der Waals surface area contributed by atoms with Gasteiger partial charge in [0.25, 0.3) is 5.91 Å². The monoisotopic (exact) mass is 258 g/mol. The highest BCUT2D eigenvalue weighted by Crippen LogP contribution is 2.10. The molecule has 0 aliphatic carbocycles. The molecular formula is C14H18N4O. The van der Waals surface area contributed by atoms with E-state index in [0.29, 0.717) is 6.04 Å². The summed E-state index contributed by atoms with van der Waals surface area (Å²) in [4.78, 5) is 11.0. The second kappa shape index (κ2) is 5.67. The van der Waals surface area contributed by atoms with Gasteiger partial charge in [0.05, 0.1) is 5.69 Å². The molecule has 0 fully saturated rings. The van der Waals surface area contributed by atoms with Crippen LogP contribution in [-0.4, -0.2) is 21.7 Å². The third-order valence-corrected chi connectivity index (χ3v) is 2.73. The largest absolute Gasteiger partial charge is 0.364 e. The van der Waals surface area contributed by atoms with E-state index in [-0.39, 0.29) is 5.69 Å². The molecule has 1 aromatic heterocycles. The van der Waals surface area contributed by atoms with Crippen LogP contribution in [0.5, 0.6) is 0 Å². The SMILES string of the molecule is CC(C)NCc1cccc(-n2ccc(C(N)=O)n2)c1. The predicted molar refractivity (Wildman–Crippen MR) is 74.1 cm³/mol. The first kappa shape index (κ1) is 13.3. The van der Waals surface area contributed by atoms with Gasteiger partial charge in [-0.3, -0.25) is 4.79 Å². The second-order valence-electron chi connectivity index (χ2n) is 4.72. The first-order valence-electron chi connectivity index (χ1n) is 6.24. The lowest BCUT2D eigenvalue weighted by molar-refractivity contribution is 0.0995. The molecule has 0 radical (unpaired) electrons. The molecule has 3 N–H and O–H groups in total. The summed E-state index contributed by atoms with van der Waals surface area (Å²) in [6.45, 7) is 5.02. The highest BCUT2D eigenvalue weighted by Gasteiger charge is 2.06. The molecule has 1 heterocycles. The molecule has 0 saturated carbocycles. The van der Waals surface area contributed by atoms with Crippen LogP contribution in [0.2, 0.25) is 0 Å². The molecule has 0 aliphatic heterocycles. The van der Waals surface area contributed by atoms with Crippen LogP contribution in [-0.2, 0) is 6.54 Å². The molecule has 0 bridgehead atoms. The van der Waals surface area contributed by atoms with Crippen molar-refractivity contribution in [1.29, 1.82) is 0 Å². The fourth-order valence-electron chi connectivity index (χ4n) is 1.73. The summed E-state index contributed by atoms with van der Waals surface area (Å²) in [6, 6.07) is 10.1. The maximum atomic E-state index is 11.0. The summed E-state index contributed by atoms with van der Waals surface area (Å²) in [5.41, 5.74) is 7.54. The lowest BCUT2D eigenvalue weighted by Crippen LogP contribution is -2.21. The van der Waals surface area contributed by atoms with Gasteiger partial charge in [0.15, 0.2) is 0 Å². The number of aromatic nitrogens is 2. The standard InChI is InChI=1S/C14H18N4O/c1-10(2)16-9-11-4-3-5-12(8-11)18-7-6-13(17-18)14(15)19/h3-8,10,16H,9H2,1-2H3,(H2,15,19). The molecule has 0 aliphatic rings. The number of nitrogens with zero attached hydrogens (tertiary/aromatic N) is 2. The molecule has 0 spiro atoms. The number of nitrogens with one attached hydrogen (secondary N) is 1. The molecule has 100 valence electrons. The van der Waals surface area contributed by atoms with Gasteiger partial charge in [-0.05, 0) is 23.8 Å². The summed E-state index contributed by atoms with van der Waals surface area (Å²) >= 11 is 0. The van der Waals surface area contributed by atoms with Crippen LogP contribution < -0.4 is 11.1 Å². The van der Waals surface area contributed by atoms with Crippen molar-refractivity contribution in [2.45, 2.75) is 26.4 Å². The molecule has 2 rings (SSSR count). The third kappa shape index (κ3) is 3.42. The summed E-state index contributed by atoms with van der Waals surface area (Å²) in [5, 5.41) is 7.50. The van der Waals surface area contributed by atoms with E-state index in [2.05, 4.69) is 30.3 Å². The van der Waals surface area contributed by atoms with E-state index < -0.39 is 5.91 Å². The number of primary amides is 1. The maximum Gasteiger partial charge on any atom is 0.269 e. The molecule has 2 aromatic rings. The second-order valence-corrected chi connectivity index (χ2v) is 4.72. The normalized spacial score (nSPS) is 10.9. The van der Waals surface area contributed by atoms with E-state index in [0.717, 1.165) is 12.2 Å². The third-order valence-electron chi connectivity index (χ3n) is 2.73.